The molecule has 1 fully saturated rings. The summed E-state index contributed by atoms with van der Waals surface area (Å²) < 4.78 is 11.2. The first-order chi connectivity index (χ1) is 12.7. The maximum atomic E-state index is 12.1. The summed E-state index contributed by atoms with van der Waals surface area (Å²) in [6, 6.07) is 15.5. The summed E-state index contributed by atoms with van der Waals surface area (Å²) in [7, 11) is 1.63. The highest BCUT2D eigenvalue weighted by molar-refractivity contribution is 5.80. The zero-order valence-corrected chi connectivity index (χ0v) is 15.2. The first kappa shape index (κ1) is 18.1. The standard InChI is InChI=1S/C21H26N2O3/c1-25-19-10-4-6-16(12-19)14-23-21(24)15-22-17-7-5-11-20(13-17)26-18-8-2-3-9-18/h4-7,10-13,18,22H,2-3,8-9,14-15H2,1H3,(H,23,24). The third-order valence-corrected chi connectivity index (χ3v) is 4.52. The Bertz CT molecular complexity index is 727. The van der Waals surface area contributed by atoms with Crippen molar-refractivity contribution in [3.63, 3.8) is 0 Å². The van der Waals surface area contributed by atoms with E-state index in [0.29, 0.717) is 12.6 Å². The van der Waals surface area contributed by atoms with Crippen molar-refractivity contribution < 1.29 is 14.3 Å². The van der Waals surface area contributed by atoms with Gasteiger partial charge < -0.3 is 20.1 Å². The molecule has 2 aromatic carbocycles. The molecule has 0 saturated heterocycles. The number of ether oxygens (including phenoxy) is 2. The van der Waals surface area contributed by atoms with Gasteiger partial charge in [-0.05, 0) is 55.5 Å². The molecule has 3 rings (SSSR count). The highest BCUT2D eigenvalue weighted by atomic mass is 16.5. The Labute approximate surface area is 154 Å². The van der Waals surface area contributed by atoms with Crippen molar-refractivity contribution in [2.24, 2.45) is 0 Å². The van der Waals surface area contributed by atoms with Gasteiger partial charge in [-0.25, -0.2) is 0 Å². The van der Waals surface area contributed by atoms with Gasteiger partial charge in [0.2, 0.25) is 5.91 Å². The van der Waals surface area contributed by atoms with Gasteiger partial charge in [-0.3, -0.25) is 4.79 Å². The lowest BCUT2D eigenvalue weighted by atomic mass is 10.2. The normalized spacial score (nSPS) is 14.0. The van der Waals surface area contributed by atoms with E-state index < -0.39 is 0 Å². The van der Waals surface area contributed by atoms with Crippen LogP contribution >= 0.6 is 0 Å². The van der Waals surface area contributed by atoms with Crippen LogP contribution in [-0.2, 0) is 11.3 Å². The van der Waals surface area contributed by atoms with Gasteiger partial charge in [0, 0.05) is 18.3 Å². The first-order valence-electron chi connectivity index (χ1n) is 9.13. The van der Waals surface area contributed by atoms with Crippen molar-refractivity contribution in [2.75, 3.05) is 19.0 Å². The van der Waals surface area contributed by atoms with Gasteiger partial charge >= 0.3 is 0 Å². The molecule has 1 aliphatic carbocycles. The Hall–Kier alpha value is -2.69. The number of benzene rings is 2. The molecule has 0 heterocycles. The number of methoxy groups -OCH3 is 1. The molecule has 0 radical (unpaired) electrons. The topological polar surface area (TPSA) is 59.6 Å². The van der Waals surface area contributed by atoms with E-state index in [1.54, 1.807) is 7.11 Å². The van der Waals surface area contributed by atoms with Crippen LogP contribution in [0.3, 0.4) is 0 Å². The summed E-state index contributed by atoms with van der Waals surface area (Å²) in [5, 5.41) is 6.06. The third kappa shape index (κ3) is 5.41. The van der Waals surface area contributed by atoms with Gasteiger partial charge in [0.1, 0.15) is 11.5 Å². The Morgan fingerprint density at radius 2 is 1.85 bits per heavy atom. The molecule has 138 valence electrons. The number of carbonyl (C=O) groups is 1. The maximum Gasteiger partial charge on any atom is 0.239 e. The molecular formula is C21H26N2O3. The summed E-state index contributed by atoms with van der Waals surface area (Å²) in [5.74, 6) is 1.59. The second kappa shape index (κ2) is 9.13. The quantitative estimate of drug-likeness (QED) is 0.758. The highest BCUT2D eigenvalue weighted by Gasteiger charge is 2.16. The molecule has 1 amide bonds. The van der Waals surface area contributed by atoms with E-state index in [9.17, 15) is 4.79 Å². The van der Waals surface area contributed by atoms with Crippen LogP contribution in [0.4, 0.5) is 5.69 Å². The molecule has 26 heavy (non-hydrogen) atoms. The van der Waals surface area contributed by atoms with Crippen LogP contribution < -0.4 is 20.1 Å². The Kier molecular flexibility index (Phi) is 6.36. The van der Waals surface area contributed by atoms with Gasteiger partial charge in [-0.1, -0.05) is 18.2 Å². The van der Waals surface area contributed by atoms with Crippen molar-refractivity contribution in [1.82, 2.24) is 5.32 Å². The fraction of sp³-hybridized carbons (Fsp3) is 0.381. The lowest BCUT2D eigenvalue weighted by Gasteiger charge is -2.14. The SMILES string of the molecule is COc1cccc(CNC(=O)CNc2cccc(OC3CCCC3)c2)c1. The monoisotopic (exact) mass is 354 g/mol. The lowest BCUT2D eigenvalue weighted by Crippen LogP contribution is -2.29. The summed E-state index contributed by atoms with van der Waals surface area (Å²) in [6.07, 6.45) is 5.08. The zero-order chi connectivity index (χ0) is 18.2. The Balaban J connectivity index is 1.45. The van der Waals surface area contributed by atoms with Gasteiger partial charge in [-0.2, -0.15) is 0 Å². The van der Waals surface area contributed by atoms with Crippen LogP contribution in [0.1, 0.15) is 31.2 Å². The number of nitrogens with one attached hydrogen (secondary N) is 2. The minimum Gasteiger partial charge on any atom is -0.497 e. The van der Waals surface area contributed by atoms with Crippen molar-refractivity contribution in [2.45, 2.75) is 38.3 Å². The summed E-state index contributed by atoms with van der Waals surface area (Å²) in [6.45, 7) is 0.694. The van der Waals surface area contributed by atoms with E-state index in [2.05, 4.69) is 10.6 Å². The molecule has 1 saturated carbocycles. The first-order valence-corrected chi connectivity index (χ1v) is 9.13. The van der Waals surface area contributed by atoms with E-state index in [1.165, 1.54) is 12.8 Å². The number of carbonyl (C=O) groups excluding carboxylic acids is 1. The lowest BCUT2D eigenvalue weighted by molar-refractivity contribution is -0.119. The average Bonchev–Trinajstić information content (AvgIpc) is 3.18. The molecule has 5 nitrogen and oxygen atoms in total. The van der Waals surface area contributed by atoms with E-state index in [1.807, 2.05) is 48.5 Å². The van der Waals surface area contributed by atoms with Gasteiger partial charge in [0.15, 0.2) is 0 Å². The third-order valence-electron chi connectivity index (χ3n) is 4.52. The molecule has 1 aliphatic rings. The van der Waals surface area contributed by atoms with Gasteiger partial charge in [0.05, 0.1) is 19.8 Å². The van der Waals surface area contributed by atoms with Crippen LogP contribution in [0, 0.1) is 0 Å². The fourth-order valence-electron chi connectivity index (χ4n) is 3.11. The number of rotatable bonds is 8. The summed E-state index contributed by atoms with van der Waals surface area (Å²) in [4.78, 5) is 12.1. The molecule has 0 atom stereocenters. The minimum absolute atomic E-state index is 0.0602. The average molecular weight is 354 g/mol. The summed E-state index contributed by atoms with van der Waals surface area (Å²) >= 11 is 0. The zero-order valence-electron chi connectivity index (χ0n) is 15.2. The fourth-order valence-corrected chi connectivity index (χ4v) is 3.11. The van der Waals surface area contributed by atoms with Gasteiger partial charge in [0.25, 0.3) is 0 Å². The van der Waals surface area contributed by atoms with E-state index in [4.69, 9.17) is 9.47 Å². The minimum atomic E-state index is -0.0602. The molecule has 5 heteroatoms. The van der Waals surface area contributed by atoms with Crippen LogP contribution in [0.25, 0.3) is 0 Å². The maximum absolute atomic E-state index is 12.1. The predicted octanol–water partition coefficient (Wildman–Crippen LogP) is 3.74. The molecule has 0 unspecified atom stereocenters. The molecule has 0 spiro atoms. The van der Waals surface area contributed by atoms with Crippen LogP contribution in [0.2, 0.25) is 0 Å². The van der Waals surface area contributed by atoms with Gasteiger partial charge in [-0.15, -0.1) is 0 Å². The molecule has 2 N–H and O–H groups in total. The van der Waals surface area contributed by atoms with Crippen LogP contribution in [-0.4, -0.2) is 25.7 Å². The highest BCUT2D eigenvalue weighted by Crippen LogP contribution is 2.25. The van der Waals surface area contributed by atoms with Crippen molar-refractivity contribution >= 4 is 11.6 Å². The number of hydrogen-bond donors (Lipinski definition) is 2. The van der Waals surface area contributed by atoms with Crippen LogP contribution in [0.5, 0.6) is 11.5 Å². The molecule has 0 aliphatic heterocycles. The molecular weight excluding hydrogens is 328 g/mol. The predicted molar refractivity (Wildman–Crippen MR) is 103 cm³/mol. The second-order valence-corrected chi connectivity index (χ2v) is 6.53. The van der Waals surface area contributed by atoms with E-state index in [-0.39, 0.29) is 12.5 Å². The number of amides is 1. The molecule has 2 aromatic rings. The van der Waals surface area contributed by atoms with Crippen LogP contribution in [0.15, 0.2) is 48.5 Å². The smallest absolute Gasteiger partial charge is 0.239 e. The molecule has 0 aromatic heterocycles. The van der Waals surface area contributed by atoms with E-state index >= 15 is 0 Å². The second-order valence-electron chi connectivity index (χ2n) is 6.53. The Morgan fingerprint density at radius 1 is 1.08 bits per heavy atom. The number of hydrogen-bond acceptors (Lipinski definition) is 4. The van der Waals surface area contributed by atoms with Crippen molar-refractivity contribution in [1.29, 1.82) is 0 Å². The van der Waals surface area contributed by atoms with Crippen molar-refractivity contribution in [3.8, 4) is 11.5 Å². The van der Waals surface area contributed by atoms with E-state index in [0.717, 1.165) is 35.6 Å². The number of anilines is 1. The largest absolute Gasteiger partial charge is 0.497 e. The Morgan fingerprint density at radius 3 is 2.65 bits per heavy atom. The summed E-state index contributed by atoms with van der Waals surface area (Å²) in [5.41, 5.74) is 1.89. The molecule has 0 bridgehead atoms. The van der Waals surface area contributed by atoms with Crippen molar-refractivity contribution in [3.05, 3.63) is 54.1 Å².